The molecule has 0 rings (SSSR count). The second-order valence-corrected chi connectivity index (χ2v) is 21.6. The van der Waals surface area contributed by atoms with Crippen LogP contribution in [0.25, 0.3) is 0 Å². The standard InChI is InChI=1S/C61H120O6/c1-3-5-7-9-11-13-15-17-19-21-23-25-27-29-31-33-35-37-39-41-43-45-47-49-51-53-59(64)66-57-61(55-62,56-63)58-67-60(65)54-52-50-48-46-44-42-40-38-36-34-32-30-28-26-24-22-20-18-16-14-12-10-8-6-4-2/h62-63H,3-58H2,1-2H3. The Bertz CT molecular complexity index is 893. The average molecular weight is 950 g/mol. The number of aliphatic hydroxyl groups is 2. The third kappa shape index (κ3) is 51.0. The van der Waals surface area contributed by atoms with E-state index in [9.17, 15) is 19.8 Å². The van der Waals surface area contributed by atoms with Crippen LogP contribution in [-0.4, -0.2) is 48.6 Å². The molecule has 400 valence electrons. The van der Waals surface area contributed by atoms with Crippen molar-refractivity contribution in [2.24, 2.45) is 5.41 Å². The van der Waals surface area contributed by atoms with Crippen LogP contribution in [0.5, 0.6) is 0 Å². The highest BCUT2D eigenvalue weighted by Crippen LogP contribution is 2.21. The highest BCUT2D eigenvalue weighted by Gasteiger charge is 2.33. The van der Waals surface area contributed by atoms with Gasteiger partial charge in [-0.15, -0.1) is 0 Å². The Morgan fingerprint density at radius 3 is 0.567 bits per heavy atom. The second kappa shape index (κ2) is 55.8. The van der Waals surface area contributed by atoms with Crippen LogP contribution in [0.15, 0.2) is 0 Å². The molecule has 0 aliphatic rings. The molecule has 0 aliphatic carbocycles. The molecule has 0 heterocycles. The summed E-state index contributed by atoms with van der Waals surface area (Å²) in [6.45, 7) is 3.46. The van der Waals surface area contributed by atoms with Gasteiger partial charge in [-0.25, -0.2) is 0 Å². The van der Waals surface area contributed by atoms with E-state index >= 15 is 0 Å². The van der Waals surface area contributed by atoms with Gasteiger partial charge in [-0.05, 0) is 12.8 Å². The van der Waals surface area contributed by atoms with E-state index in [1.807, 2.05) is 0 Å². The Morgan fingerprint density at radius 2 is 0.418 bits per heavy atom. The first-order chi connectivity index (χ1) is 33.0. The van der Waals surface area contributed by atoms with E-state index in [1.165, 1.54) is 283 Å². The van der Waals surface area contributed by atoms with Gasteiger partial charge in [0, 0.05) is 12.8 Å². The van der Waals surface area contributed by atoms with Crippen molar-refractivity contribution in [3.63, 3.8) is 0 Å². The van der Waals surface area contributed by atoms with E-state index in [1.54, 1.807) is 0 Å². The molecule has 0 bridgehead atoms. The van der Waals surface area contributed by atoms with Gasteiger partial charge in [0.05, 0.1) is 18.6 Å². The van der Waals surface area contributed by atoms with Crippen molar-refractivity contribution < 1.29 is 29.3 Å². The van der Waals surface area contributed by atoms with Gasteiger partial charge in [-0.2, -0.15) is 0 Å². The third-order valence-electron chi connectivity index (χ3n) is 14.7. The van der Waals surface area contributed by atoms with Crippen LogP contribution in [0.2, 0.25) is 0 Å². The molecule has 2 N–H and O–H groups in total. The van der Waals surface area contributed by atoms with Gasteiger partial charge in [0.15, 0.2) is 0 Å². The summed E-state index contributed by atoms with van der Waals surface area (Å²) in [5.74, 6) is -0.635. The minimum absolute atomic E-state index is 0.148. The van der Waals surface area contributed by atoms with E-state index in [0.29, 0.717) is 12.8 Å². The van der Waals surface area contributed by atoms with Crippen LogP contribution >= 0.6 is 0 Å². The van der Waals surface area contributed by atoms with Gasteiger partial charge < -0.3 is 19.7 Å². The number of hydrogen-bond acceptors (Lipinski definition) is 6. The average Bonchev–Trinajstić information content (AvgIpc) is 3.34. The molecule has 0 fully saturated rings. The number of carbonyl (C=O) groups is 2. The third-order valence-corrected chi connectivity index (χ3v) is 14.7. The number of unbranched alkanes of at least 4 members (excludes halogenated alkanes) is 48. The lowest BCUT2D eigenvalue weighted by atomic mass is 9.92. The Balaban J connectivity index is 3.55. The fourth-order valence-corrected chi connectivity index (χ4v) is 9.70. The Kier molecular flexibility index (Phi) is 54.8. The predicted octanol–water partition coefficient (Wildman–Crippen LogP) is 19.4. The highest BCUT2D eigenvalue weighted by molar-refractivity contribution is 5.69. The van der Waals surface area contributed by atoms with Crippen molar-refractivity contribution in [2.45, 2.75) is 348 Å². The van der Waals surface area contributed by atoms with E-state index in [2.05, 4.69) is 13.8 Å². The number of esters is 2. The molecule has 0 aliphatic heterocycles. The topological polar surface area (TPSA) is 93.1 Å². The van der Waals surface area contributed by atoms with Crippen LogP contribution in [0.4, 0.5) is 0 Å². The highest BCUT2D eigenvalue weighted by atomic mass is 16.5. The molecule has 0 unspecified atom stereocenters. The van der Waals surface area contributed by atoms with E-state index in [0.717, 1.165) is 38.5 Å². The fourth-order valence-electron chi connectivity index (χ4n) is 9.70. The van der Waals surface area contributed by atoms with Gasteiger partial charge in [0.2, 0.25) is 0 Å². The molecule has 0 aromatic carbocycles. The SMILES string of the molecule is CCCCCCCCCCCCCCCCCCCCCCCCCCCC(=O)OCC(CO)(CO)COC(=O)CCCCCCCCCCCCCCCCCCCCCCCCCCC. The molecule has 0 aromatic heterocycles. The summed E-state index contributed by atoms with van der Waals surface area (Å²) in [4.78, 5) is 24.9. The smallest absolute Gasteiger partial charge is 0.305 e. The maximum absolute atomic E-state index is 12.4. The van der Waals surface area contributed by atoms with Crippen LogP contribution < -0.4 is 0 Å². The number of ether oxygens (including phenoxy) is 2. The first kappa shape index (κ1) is 65.9. The summed E-state index contributed by atoms with van der Waals surface area (Å²) in [5, 5.41) is 20.0. The van der Waals surface area contributed by atoms with Crippen molar-refractivity contribution in [3.05, 3.63) is 0 Å². The van der Waals surface area contributed by atoms with Gasteiger partial charge in [0.1, 0.15) is 13.2 Å². The number of hydrogen-bond donors (Lipinski definition) is 2. The van der Waals surface area contributed by atoms with Crippen LogP contribution in [0.1, 0.15) is 348 Å². The zero-order valence-corrected chi connectivity index (χ0v) is 45.6. The lowest BCUT2D eigenvalue weighted by Crippen LogP contribution is -2.41. The summed E-state index contributed by atoms with van der Waals surface area (Å²) in [7, 11) is 0. The van der Waals surface area contributed by atoms with E-state index in [4.69, 9.17) is 9.47 Å². The minimum atomic E-state index is -1.16. The molecule has 0 radical (unpaired) electrons. The summed E-state index contributed by atoms with van der Waals surface area (Å²) in [6, 6.07) is 0. The molecule has 6 heteroatoms. The molecule has 6 nitrogen and oxygen atoms in total. The van der Waals surface area contributed by atoms with Crippen molar-refractivity contribution in [3.8, 4) is 0 Å². The van der Waals surface area contributed by atoms with Crippen LogP contribution in [-0.2, 0) is 19.1 Å². The van der Waals surface area contributed by atoms with Crippen LogP contribution in [0.3, 0.4) is 0 Å². The Hall–Kier alpha value is -1.14. The lowest BCUT2D eigenvalue weighted by Gasteiger charge is -2.28. The van der Waals surface area contributed by atoms with E-state index < -0.39 is 18.6 Å². The van der Waals surface area contributed by atoms with Crippen molar-refractivity contribution in [2.75, 3.05) is 26.4 Å². The summed E-state index contributed by atoms with van der Waals surface area (Å²) < 4.78 is 10.9. The van der Waals surface area contributed by atoms with Gasteiger partial charge in [-0.3, -0.25) is 9.59 Å². The molecule has 0 amide bonds. The maximum atomic E-state index is 12.4. The molecule has 0 spiro atoms. The number of carbonyl (C=O) groups excluding carboxylic acids is 2. The zero-order chi connectivity index (χ0) is 48.7. The van der Waals surface area contributed by atoms with Crippen molar-refractivity contribution in [1.29, 1.82) is 0 Å². The monoisotopic (exact) mass is 949 g/mol. The van der Waals surface area contributed by atoms with Crippen LogP contribution in [0, 0.1) is 5.41 Å². The second-order valence-electron chi connectivity index (χ2n) is 21.6. The fraction of sp³-hybridized carbons (Fsp3) is 0.967. The van der Waals surface area contributed by atoms with Gasteiger partial charge in [-0.1, -0.05) is 322 Å². The first-order valence-electron chi connectivity index (χ1n) is 30.6. The number of rotatable bonds is 58. The molecule has 0 aromatic rings. The molecule has 0 saturated carbocycles. The van der Waals surface area contributed by atoms with Crippen molar-refractivity contribution in [1.82, 2.24) is 0 Å². The number of aliphatic hydroxyl groups excluding tert-OH is 2. The minimum Gasteiger partial charge on any atom is -0.465 e. The predicted molar refractivity (Wildman–Crippen MR) is 290 cm³/mol. The normalized spacial score (nSPS) is 11.8. The lowest BCUT2D eigenvalue weighted by molar-refractivity contribution is -0.159. The van der Waals surface area contributed by atoms with Crippen molar-refractivity contribution >= 4 is 11.9 Å². The maximum Gasteiger partial charge on any atom is 0.305 e. The van der Waals surface area contributed by atoms with Gasteiger partial charge >= 0.3 is 11.9 Å². The quantitative estimate of drug-likeness (QED) is 0.0466. The van der Waals surface area contributed by atoms with Gasteiger partial charge in [0.25, 0.3) is 0 Å². The molecular weight excluding hydrogens is 829 g/mol. The molecular formula is C61H120O6. The molecule has 67 heavy (non-hydrogen) atoms. The zero-order valence-electron chi connectivity index (χ0n) is 45.6. The summed E-state index contributed by atoms with van der Waals surface area (Å²) in [5.41, 5.74) is -1.16. The summed E-state index contributed by atoms with van der Waals surface area (Å²) >= 11 is 0. The molecule has 0 saturated heterocycles. The van der Waals surface area contributed by atoms with E-state index in [-0.39, 0.29) is 25.2 Å². The largest absolute Gasteiger partial charge is 0.465 e. The first-order valence-corrected chi connectivity index (χ1v) is 30.6. The summed E-state index contributed by atoms with van der Waals surface area (Å²) in [6.07, 6.45) is 68.2. The Morgan fingerprint density at radius 1 is 0.269 bits per heavy atom. The molecule has 0 atom stereocenters. The Labute approximate surface area is 419 Å².